The van der Waals surface area contributed by atoms with Gasteiger partial charge in [0, 0.05) is 18.5 Å². The van der Waals surface area contributed by atoms with Crippen LogP contribution in [0.3, 0.4) is 0 Å². The average Bonchev–Trinajstić information content (AvgIpc) is 2.46. The number of aliphatic hydroxyl groups excluding tert-OH is 1. The molecule has 0 atom stereocenters. The second-order valence-corrected chi connectivity index (χ2v) is 3.92. The standard InChI is InChI=1S/C13H17N3O3/c1-18-10-5-4-9-11(12(10)19-2)15-8-16-13(9)14-6-3-7-17/h4-5,8,17H,3,6-7H2,1-2H3,(H,14,15,16). The third kappa shape index (κ3) is 2.68. The molecule has 0 radical (unpaired) electrons. The van der Waals surface area contributed by atoms with Crippen LogP contribution in [0.15, 0.2) is 18.5 Å². The van der Waals surface area contributed by atoms with Crippen molar-refractivity contribution in [2.75, 3.05) is 32.7 Å². The van der Waals surface area contributed by atoms with Gasteiger partial charge < -0.3 is 19.9 Å². The average molecular weight is 263 g/mol. The monoisotopic (exact) mass is 263 g/mol. The maximum atomic E-state index is 8.80. The molecule has 102 valence electrons. The first-order valence-corrected chi connectivity index (χ1v) is 6.02. The Kier molecular flexibility index (Phi) is 4.35. The lowest BCUT2D eigenvalue weighted by Gasteiger charge is -2.12. The fraction of sp³-hybridized carbons (Fsp3) is 0.385. The van der Waals surface area contributed by atoms with E-state index in [2.05, 4.69) is 15.3 Å². The highest BCUT2D eigenvalue weighted by atomic mass is 16.5. The number of anilines is 1. The Morgan fingerprint density at radius 3 is 2.74 bits per heavy atom. The summed E-state index contributed by atoms with van der Waals surface area (Å²) in [5.74, 6) is 1.95. The van der Waals surface area contributed by atoms with Crippen molar-refractivity contribution in [3.05, 3.63) is 18.5 Å². The molecule has 1 aromatic carbocycles. The number of hydrogen-bond acceptors (Lipinski definition) is 6. The fourth-order valence-corrected chi connectivity index (χ4v) is 1.87. The molecule has 2 N–H and O–H groups in total. The van der Waals surface area contributed by atoms with Crippen LogP contribution < -0.4 is 14.8 Å². The molecule has 0 saturated carbocycles. The van der Waals surface area contributed by atoms with Crippen LogP contribution >= 0.6 is 0 Å². The van der Waals surface area contributed by atoms with Crippen LogP contribution in [0, 0.1) is 0 Å². The first-order valence-electron chi connectivity index (χ1n) is 6.02. The number of fused-ring (bicyclic) bond motifs is 1. The number of nitrogens with one attached hydrogen (secondary N) is 1. The smallest absolute Gasteiger partial charge is 0.187 e. The van der Waals surface area contributed by atoms with Gasteiger partial charge in [0.05, 0.1) is 14.2 Å². The number of benzene rings is 1. The summed E-state index contributed by atoms with van der Waals surface area (Å²) in [4.78, 5) is 8.45. The van der Waals surface area contributed by atoms with Crippen molar-refractivity contribution >= 4 is 16.7 Å². The van der Waals surface area contributed by atoms with E-state index >= 15 is 0 Å². The molecule has 0 aliphatic rings. The first-order chi connectivity index (χ1) is 9.31. The molecule has 0 amide bonds. The molecule has 19 heavy (non-hydrogen) atoms. The van der Waals surface area contributed by atoms with Crippen LogP contribution in [0.2, 0.25) is 0 Å². The van der Waals surface area contributed by atoms with Crippen molar-refractivity contribution in [2.45, 2.75) is 6.42 Å². The van der Waals surface area contributed by atoms with Gasteiger partial charge in [0.1, 0.15) is 17.7 Å². The van der Waals surface area contributed by atoms with Crippen LogP contribution in [0.1, 0.15) is 6.42 Å². The van der Waals surface area contributed by atoms with E-state index in [1.807, 2.05) is 12.1 Å². The van der Waals surface area contributed by atoms with Crippen molar-refractivity contribution in [1.29, 1.82) is 0 Å². The highest BCUT2D eigenvalue weighted by Crippen LogP contribution is 2.35. The minimum absolute atomic E-state index is 0.146. The summed E-state index contributed by atoms with van der Waals surface area (Å²) >= 11 is 0. The number of nitrogens with zero attached hydrogens (tertiary/aromatic N) is 2. The third-order valence-electron chi connectivity index (χ3n) is 2.78. The van der Waals surface area contributed by atoms with Gasteiger partial charge in [-0.2, -0.15) is 0 Å². The molecule has 0 saturated heterocycles. The molecule has 6 heteroatoms. The molecule has 6 nitrogen and oxygen atoms in total. The minimum atomic E-state index is 0.146. The van der Waals surface area contributed by atoms with Crippen LogP contribution in [-0.4, -0.2) is 42.4 Å². The lowest BCUT2D eigenvalue weighted by Crippen LogP contribution is -2.06. The number of aromatic nitrogens is 2. The molecular weight excluding hydrogens is 246 g/mol. The zero-order chi connectivity index (χ0) is 13.7. The first kappa shape index (κ1) is 13.4. The maximum absolute atomic E-state index is 8.80. The topological polar surface area (TPSA) is 76.5 Å². The predicted molar refractivity (Wildman–Crippen MR) is 72.8 cm³/mol. The molecule has 0 spiro atoms. The Hall–Kier alpha value is -2.08. The Labute approximate surface area is 111 Å². The van der Waals surface area contributed by atoms with Gasteiger partial charge >= 0.3 is 0 Å². The van der Waals surface area contributed by atoms with E-state index in [-0.39, 0.29) is 6.61 Å². The Balaban J connectivity index is 2.45. The minimum Gasteiger partial charge on any atom is -0.493 e. The number of rotatable bonds is 6. The molecule has 0 aliphatic heterocycles. The largest absolute Gasteiger partial charge is 0.493 e. The number of aliphatic hydroxyl groups is 1. The summed E-state index contributed by atoms with van der Waals surface area (Å²) < 4.78 is 10.6. The van der Waals surface area contributed by atoms with Gasteiger partial charge in [0.15, 0.2) is 11.5 Å². The zero-order valence-electron chi connectivity index (χ0n) is 11.0. The Morgan fingerprint density at radius 1 is 1.21 bits per heavy atom. The molecule has 2 aromatic rings. The fourth-order valence-electron chi connectivity index (χ4n) is 1.87. The van der Waals surface area contributed by atoms with Crippen LogP contribution in [0.4, 0.5) is 5.82 Å². The van der Waals surface area contributed by atoms with Crippen LogP contribution in [0.25, 0.3) is 10.9 Å². The van der Waals surface area contributed by atoms with Crippen LogP contribution in [0.5, 0.6) is 11.5 Å². The van der Waals surface area contributed by atoms with E-state index < -0.39 is 0 Å². The molecular formula is C13H17N3O3. The van der Waals surface area contributed by atoms with Crippen LogP contribution in [-0.2, 0) is 0 Å². The van der Waals surface area contributed by atoms with Gasteiger partial charge in [0.25, 0.3) is 0 Å². The Bertz CT molecular complexity index is 560. The molecule has 2 rings (SSSR count). The molecule has 1 heterocycles. The summed E-state index contributed by atoms with van der Waals surface area (Å²) in [6.07, 6.45) is 2.14. The summed E-state index contributed by atoms with van der Waals surface area (Å²) in [5, 5.41) is 12.8. The van der Waals surface area contributed by atoms with Crippen molar-refractivity contribution in [3.63, 3.8) is 0 Å². The maximum Gasteiger partial charge on any atom is 0.187 e. The molecule has 0 unspecified atom stereocenters. The van der Waals surface area contributed by atoms with Crippen molar-refractivity contribution in [1.82, 2.24) is 9.97 Å². The molecule has 0 bridgehead atoms. The predicted octanol–water partition coefficient (Wildman–Crippen LogP) is 1.44. The second kappa shape index (κ2) is 6.19. The molecule has 0 aliphatic carbocycles. The second-order valence-electron chi connectivity index (χ2n) is 3.92. The molecule has 1 aromatic heterocycles. The summed E-state index contributed by atoms with van der Waals surface area (Å²) in [6.45, 7) is 0.796. The van der Waals surface area contributed by atoms with Gasteiger partial charge in [-0.15, -0.1) is 0 Å². The lowest BCUT2D eigenvalue weighted by molar-refractivity contribution is 0.292. The summed E-state index contributed by atoms with van der Waals surface area (Å²) in [7, 11) is 3.17. The van der Waals surface area contributed by atoms with Crippen molar-refractivity contribution < 1.29 is 14.6 Å². The van der Waals surface area contributed by atoms with Gasteiger partial charge in [-0.1, -0.05) is 0 Å². The van der Waals surface area contributed by atoms with E-state index in [9.17, 15) is 0 Å². The van der Waals surface area contributed by atoms with E-state index in [1.165, 1.54) is 6.33 Å². The number of ether oxygens (including phenoxy) is 2. The van der Waals surface area contributed by atoms with E-state index in [0.717, 1.165) is 11.2 Å². The van der Waals surface area contributed by atoms with E-state index in [4.69, 9.17) is 14.6 Å². The highest BCUT2D eigenvalue weighted by molar-refractivity contribution is 5.94. The number of hydrogen-bond donors (Lipinski definition) is 2. The van der Waals surface area contributed by atoms with Gasteiger partial charge in [0.2, 0.25) is 0 Å². The SMILES string of the molecule is COc1ccc2c(NCCCO)ncnc2c1OC. The zero-order valence-corrected chi connectivity index (χ0v) is 11.0. The Morgan fingerprint density at radius 2 is 2.05 bits per heavy atom. The normalized spacial score (nSPS) is 10.5. The van der Waals surface area contributed by atoms with E-state index in [1.54, 1.807) is 14.2 Å². The third-order valence-corrected chi connectivity index (χ3v) is 2.78. The van der Waals surface area contributed by atoms with Gasteiger partial charge in [-0.05, 0) is 18.6 Å². The number of methoxy groups -OCH3 is 2. The summed E-state index contributed by atoms with van der Waals surface area (Å²) in [5.41, 5.74) is 0.698. The van der Waals surface area contributed by atoms with Gasteiger partial charge in [-0.3, -0.25) is 0 Å². The quantitative estimate of drug-likeness (QED) is 0.768. The lowest BCUT2D eigenvalue weighted by atomic mass is 10.2. The molecule has 0 fully saturated rings. The summed E-state index contributed by atoms with van der Waals surface area (Å²) in [6, 6.07) is 3.71. The van der Waals surface area contributed by atoms with E-state index in [0.29, 0.717) is 30.0 Å². The highest BCUT2D eigenvalue weighted by Gasteiger charge is 2.12. The van der Waals surface area contributed by atoms with Crippen molar-refractivity contribution in [3.8, 4) is 11.5 Å². The van der Waals surface area contributed by atoms with Crippen molar-refractivity contribution in [2.24, 2.45) is 0 Å². The van der Waals surface area contributed by atoms with Gasteiger partial charge in [-0.25, -0.2) is 9.97 Å².